The number of nitrogens with zero attached hydrogens (tertiary/aromatic N) is 2. The van der Waals surface area contributed by atoms with E-state index in [4.69, 9.17) is 0 Å². The minimum atomic E-state index is -0.215. The predicted octanol–water partition coefficient (Wildman–Crippen LogP) is 2.89. The van der Waals surface area contributed by atoms with Gasteiger partial charge >= 0.3 is 5.69 Å². The average Bonchev–Trinajstić information content (AvgIpc) is 2.76. The molecular weight excluding hydrogens is 405 g/mol. The van der Waals surface area contributed by atoms with Gasteiger partial charge in [0.2, 0.25) is 5.91 Å². The van der Waals surface area contributed by atoms with Crippen LogP contribution in [0.3, 0.4) is 0 Å². The summed E-state index contributed by atoms with van der Waals surface area (Å²) in [6, 6.07) is 13.3. The van der Waals surface area contributed by atoms with E-state index in [1.165, 1.54) is 4.57 Å². The molecule has 3 rings (SSSR count). The number of benzene rings is 2. The number of nitrogens with one attached hydrogen (secondary N) is 1. The minimum Gasteiger partial charge on any atom is -0.324 e. The number of fused-ring (bicyclic) bond motifs is 1. The van der Waals surface area contributed by atoms with Crippen molar-refractivity contribution in [3.05, 3.63) is 62.1 Å². The molecule has 0 spiro atoms. The Hall–Kier alpha value is -2.09. The molecule has 0 saturated heterocycles. The highest BCUT2D eigenvalue weighted by Crippen LogP contribution is 2.18. The molecule has 6 heteroatoms. The summed E-state index contributed by atoms with van der Waals surface area (Å²) in [5.74, 6) is -0.215. The number of hydrogen-bond donors (Lipinski definition) is 1. The lowest BCUT2D eigenvalue weighted by Crippen LogP contribution is -2.28. The fraction of sp³-hybridized carbons (Fsp3) is 0.176. The molecule has 0 unspecified atom stereocenters. The van der Waals surface area contributed by atoms with Crippen LogP contribution in [0.5, 0.6) is 0 Å². The largest absolute Gasteiger partial charge is 0.329 e. The molecule has 2 aromatic carbocycles. The SMILES string of the molecule is Cc1cc(I)ccc1NC(=O)Cn1c(=O)n(C)c2ccccc21. The van der Waals surface area contributed by atoms with Crippen molar-refractivity contribution in [2.45, 2.75) is 13.5 Å². The predicted molar refractivity (Wildman–Crippen MR) is 99.7 cm³/mol. The van der Waals surface area contributed by atoms with E-state index >= 15 is 0 Å². The van der Waals surface area contributed by atoms with Crippen LogP contribution in [-0.2, 0) is 18.4 Å². The summed E-state index contributed by atoms with van der Waals surface area (Å²) in [6.45, 7) is 1.94. The summed E-state index contributed by atoms with van der Waals surface area (Å²) in [5, 5.41) is 2.88. The number of para-hydroxylation sites is 2. The van der Waals surface area contributed by atoms with E-state index in [0.717, 1.165) is 25.9 Å². The maximum Gasteiger partial charge on any atom is 0.329 e. The van der Waals surface area contributed by atoms with Gasteiger partial charge in [0.25, 0.3) is 0 Å². The molecule has 0 saturated carbocycles. The van der Waals surface area contributed by atoms with E-state index < -0.39 is 0 Å². The Morgan fingerprint density at radius 2 is 1.87 bits per heavy atom. The van der Waals surface area contributed by atoms with E-state index in [0.29, 0.717) is 0 Å². The molecule has 0 aliphatic carbocycles. The highest BCUT2D eigenvalue weighted by atomic mass is 127. The number of imidazole rings is 1. The zero-order valence-electron chi connectivity index (χ0n) is 12.8. The number of aryl methyl sites for hydroxylation is 2. The molecule has 1 amide bonds. The third-order valence-corrected chi connectivity index (χ3v) is 4.49. The van der Waals surface area contributed by atoms with Crippen LogP contribution in [0.1, 0.15) is 5.56 Å². The number of carbonyl (C=O) groups is 1. The summed E-state index contributed by atoms with van der Waals surface area (Å²) in [6.07, 6.45) is 0. The standard InChI is InChI=1S/C17H16IN3O2/c1-11-9-12(18)7-8-13(11)19-16(22)10-21-15-6-4-3-5-14(15)20(2)17(21)23/h3-9H,10H2,1-2H3,(H,19,22). The average molecular weight is 421 g/mol. The lowest BCUT2D eigenvalue weighted by Gasteiger charge is -2.09. The summed E-state index contributed by atoms with van der Waals surface area (Å²) < 4.78 is 4.16. The zero-order valence-corrected chi connectivity index (χ0v) is 15.0. The molecule has 0 fully saturated rings. The molecule has 3 aromatic rings. The van der Waals surface area contributed by atoms with Crippen molar-refractivity contribution >= 4 is 45.2 Å². The number of amides is 1. The van der Waals surface area contributed by atoms with Crippen molar-refractivity contribution in [3.8, 4) is 0 Å². The molecule has 1 aromatic heterocycles. The van der Waals surface area contributed by atoms with Crippen molar-refractivity contribution in [1.82, 2.24) is 9.13 Å². The highest BCUT2D eigenvalue weighted by Gasteiger charge is 2.13. The van der Waals surface area contributed by atoms with Gasteiger partial charge in [-0.3, -0.25) is 13.9 Å². The first-order valence-electron chi connectivity index (χ1n) is 7.17. The van der Waals surface area contributed by atoms with Crippen molar-refractivity contribution < 1.29 is 4.79 Å². The van der Waals surface area contributed by atoms with Crippen LogP contribution in [0, 0.1) is 10.5 Å². The van der Waals surface area contributed by atoms with E-state index in [2.05, 4.69) is 27.9 Å². The van der Waals surface area contributed by atoms with E-state index in [1.807, 2.05) is 49.4 Å². The van der Waals surface area contributed by atoms with E-state index in [-0.39, 0.29) is 18.1 Å². The van der Waals surface area contributed by atoms with Gasteiger partial charge in [-0.2, -0.15) is 0 Å². The smallest absolute Gasteiger partial charge is 0.324 e. The van der Waals surface area contributed by atoms with Crippen molar-refractivity contribution in [1.29, 1.82) is 0 Å². The van der Waals surface area contributed by atoms with Crippen LogP contribution in [0.15, 0.2) is 47.3 Å². The molecule has 0 radical (unpaired) electrons. The molecule has 23 heavy (non-hydrogen) atoms. The first kappa shape index (κ1) is 15.8. The number of hydrogen-bond acceptors (Lipinski definition) is 2. The Balaban J connectivity index is 1.89. The van der Waals surface area contributed by atoms with Crippen molar-refractivity contribution in [3.63, 3.8) is 0 Å². The third-order valence-electron chi connectivity index (χ3n) is 3.82. The second kappa shape index (κ2) is 6.19. The fourth-order valence-corrected chi connectivity index (χ4v) is 3.26. The second-order valence-electron chi connectivity index (χ2n) is 5.42. The lowest BCUT2D eigenvalue weighted by molar-refractivity contribution is -0.116. The van der Waals surface area contributed by atoms with Crippen LogP contribution >= 0.6 is 22.6 Å². The van der Waals surface area contributed by atoms with Gasteiger partial charge in [-0.1, -0.05) is 12.1 Å². The van der Waals surface area contributed by atoms with Gasteiger partial charge in [0.15, 0.2) is 0 Å². The molecule has 5 nitrogen and oxygen atoms in total. The van der Waals surface area contributed by atoms with Gasteiger partial charge < -0.3 is 5.32 Å². The maximum absolute atomic E-state index is 12.3. The van der Waals surface area contributed by atoms with Gasteiger partial charge in [-0.25, -0.2) is 4.79 Å². The topological polar surface area (TPSA) is 56.0 Å². The molecule has 0 bridgehead atoms. The van der Waals surface area contributed by atoms with Gasteiger partial charge in [-0.15, -0.1) is 0 Å². The zero-order chi connectivity index (χ0) is 16.6. The normalized spacial score (nSPS) is 10.9. The molecular formula is C17H16IN3O2. The number of aromatic nitrogens is 2. The molecule has 1 N–H and O–H groups in total. The Kier molecular flexibility index (Phi) is 4.25. The first-order chi connectivity index (χ1) is 11.0. The Labute approximate surface area is 147 Å². The fourth-order valence-electron chi connectivity index (χ4n) is 2.62. The van der Waals surface area contributed by atoms with Crippen LogP contribution in [0.4, 0.5) is 5.69 Å². The quantitative estimate of drug-likeness (QED) is 0.662. The number of halogens is 1. The summed E-state index contributed by atoms with van der Waals surface area (Å²) in [7, 11) is 1.71. The lowest BCUT2D eigenvalue weighted by atomic mass is 10.2. The summed E-state index contributed by atoms with van der Waals surface area (Å²) in [4.78, 5) is 24.7. The maximum atomic E-state index is 12.3. The van der Waals surface area contributed by atoms with Crippen molar-refractivity contribution in [2.75, 3.05) is 5.32 Å². The second-order valence-corrected chi connectivity index (χ2v) is 6.67. The Morgan fingerprint density at radius 3 is 2.57 bits per heavy atom. The van der Waals surface area contributed by atoms with Gasteiger partial charge in [0.05, 0.1) is 11.0 Å². The van der Waals surface area contributed by atoms with E-state index in [9.17, 15) is 9.59 Å². The van der Waals surface area contributed by atoms with Crippen LogP contribution < -0.4 is 11.0 Å². The highest BCUT2D eigenvalue weighted by molar-refractivity contribution is 14.1. The Morgan fingerprint density at radius 1 is 1.17 bits per heavy atom. The Bertz CT molecular complexity index is 956. The van der Waals surface area contributed by atoms with Crippen LogP contribution in [-0.4, -0.2) is 15.0 Å². The van der Waals surface area contributed by atoms with Gasteiger partial charge in [-0.05, 0) is 65.4 Å². The third kappa shape index (κ3) is 3.03. The van der Waals surface area contributed by atoms with Gasteiger partial charge in [0.1, 0.15) is 6.54 Å². The monoisotopic (exact) mass is 421 g/mol. The molecule has 0 aliphatic rings. The first-order valence-corrected chi connectivity index (χ1v) is 8.25. The summed E-state index contributed by atoms with van der Waals surface area (Å²) in [5.41, 5.74) is 3.14. The summed E-state index contributed by atoms with van der Waals surface area (Å²) >= 11 is 2.23. The minimum absolute atomic E-state index is 0.00832. The number of carbonyl (C=O) groups excluding carboxylic acids is 1. The molecule has 1 heterocycles. The van der Waals surface area contributed by atoms with Crippen molar-refractivity contribution in [2.24, 2.45) is 7.05 Å². The number of anilines is 1. The number of rotatable bonds is 3. The molecule has 118 valence electrons. The van der Waals surface area contributed by atoms with Gasteiger partial charge in [0, 0.05) is 16.3 Å². The molecule has 0 atom stereocenters. The van der Waals surface area contributed by atoms with Crippen LogP contribution in [0.2, 0.25) is 0 Å². The van der Waals surface area contributed by atoms with E-state index in [1.54, 1.807) is 11.6 Å². The molecule has 0 aliphatic heterocycles. The van der Waals surface area contributed by atoms with Crippen LogP contribution in [0.25, 0.3) is 11.0 Å².